The first kappa shape index (κ1) is 7.94. The summed E-state index contributed by atoms with van der Waals surface area (Å²) in [4.78, 5) is 0. The van der Waals surface area contributed by atoms with E-state index in [4.69, 9.17) is 22.3 Å². The van der Waals surface area contributed by atoms with Crippen LogP contribution in [0.2, 0.25) is 0 Å². The molecule has 0 aromatic carbocycles. The maximum atomic E-state index is 6.98. The van der Waals surface area contributed by atoms with Gasteiger partial charge in [0.25, 0.3) is 0 Å². The van der Waals surface area contributed by atoms with E-state index >= 15 is 0 Å². The Morgan fingerprint density at radius 1 is 1.11 bits per heavy atom. The van der Waals surface area contributed by atoms with E-state index in [9.17, 15) is 0 Å². The summed E-state index contributed by atoms with van der Waals surface area (Å²) in [6.45, 7) is 3.27. The second-order valence-corrected chi connectivity index (χ2v) is 2.45. The first-order valence-corrected chi connectivity index (χ1v) is 2.58. The van der Waals surface area contributed by atoms with Crippen molar-refractivity contribution in [2.45, 2.75) is 13.8 Å². The highest BCUT2D eigenvalue weighted by Gasteiger charge is 2.24. The number of amidine groups is 2. The summed E-state index contributed by atoms with van der Waals surface area (Å²) < 4.78 is 0. The molecule has 0 heterocycles. The largest absolute Gasteiger partial charge is 0.387 e. The third-order valence-corrected chi connectivity index (χ3v) is 1.35. The molecule has 9 heavy (non-hydrogen) atoms. The van der Waals surface area contributed by atoms with Crippen molar-refractivity contribution in [1.82, 2.24) is 0 Å². The van der Waals surface area contributed by atoms with Crippen molar-refractivity contribution >= 4 is 11.7 Å². The Kier molecular flexibility index (Phi) is 1.80. The average molecular weight is 128 g/mol. The van der Waals surface area contributed by atoms with Crippen LogP contribution in [0.25, 0.3) is 0 Å². The molecule has 0 aromatic heterocycles. The number of hydrogen-bond acceptors (Lipinski definition) is 2. The van der Waals surface area contributed by atoms with E-state index in [1.807, 2.05) is 0 Å². The van der Waals surface area contributed by atoms with Crippen molar-refractivity contribution in [3.8, 4) is 0 Å². The monoisotopic (exact) mass is 128 g/mol. The highest BCUT2D eigenvalue weighted by molar-refractivity contribution is 6.05. The molecule has 4 nitrogen and oxygen atoms in total. The third kappa shape index (κ3) is 1.42. The van der Waals surface area contributed by atoms with E-state index in [-0.39, 0.29) is 11.7 Å². The van der Waals surface area contributed by atoms with Gasteiger partial charge in [0.15, 0.2) is 0 Å². The van der Waals surface area contributed by atoms with Crippen molar-refractivity contribution in [3.05, 3.63) is 0 Å². The van der Waals surface area contributed by atoms with E-state index in [1.54, 1.807) is 13.8 Å². The molecule has 0 rings (SSSR count). The highest BCUT2D eigenvalue weighted by Crippen LogP contribution is 2.12. The van der Waals surface area contributed by atoms with E-state index in [0.29, 0.717) is 0 Å². The molecule has 6 N–H and O–H groups in total. The lowest BCUT2D eigenvalue weighted by atomic mass is 9.91. The second kappa shape index (κ2) is 2.05. The fraction of sp³-hybridized carbons (Fsp3) is 0.600. The molecule has 0 radical (unpaired) electrons. The summed E-state index contributed by atoms with van der Waals surface area (Å²) in [6, 6.07) is 0. The molecule has 0 fully saturated rings. The van der Waals surface area contributed by atoms with Crippen molar-refractivity contribution in [2.75, 3.05) is 0 Å². The Hall–Kier alpha value is -1.06. The van der Waals surface area contributed by atoms with Crippen LogP contribution in [0.5, 0.6) is 0 Å². The van der Waals surface area contributed by atoms with Gasteiger partial charge in [-0.15, -0.1) is 0 Å². The van der Waals surface area contributed by atoms with Gasteiger partial charge in [-0.3, -0.25) is 10.8 Å². The molecule has 0 saturated heterocycles. The molecule has 0 amide bonds. The minimum absolute atomic E-state index is 0.0741. The highest BCUT2D eigenvalue weighted by atomic mass is 14.8. The van der Waals surface area contributed by atoms with E-state index in [0.717, 1.165) is 0 Å². The van der Waals surface area contributed by atoms with Gasteiger partial charge in [-0.2, -0.15) is 0 Å². The first-order chi connectivity index (χ1) is 3.89. The van der Waals surface area contributed by atoms with Crippen LogP contribution in [0.3, 0.4) is 0 Å². The van der Waals surface area contributed by atoms with E-state index < -0.39 is 5.41 Å². The van der Waals surface area contributed by atoms with Crippen LogP contribution in [-0.4, -0.2) is 11.7 Å². The van der Waals surface area contributed by atoms with Crippen LogP contribution >= 0.6 is 0 Å². The van der Waals surface area contributed by atoms with Gasteiger partial charge in [0.1, 0.15) is 11.7 Å². The molecular formula is C5H12N4. The van der Waals surface area contributed by atoms with E-state index in [1.165, 1.54) is 0 Å². The molecule has 0 aliphatic rings. The summed E-state index contributed by atoms with van der Waals surface area (Å²) >= 11 is 0. The Balaban J connectivity index is 4.38. The Morgan fingerprint density at radius 3 is 1.33 bits per heavy atom. The van der Waals surface area contributed by atoms with Crippen LogP contribution in [0, 0.1) is 16.2 Å². The molecule has 0 spiro atoms. The lowest BCUT2D eigenvalue weighted by molar-refractivity contribution is 0.700. The molecule has 52 valence electrons. The molecular weight excluding hydrogens is 116 g/mol. The quantitative estimate of drug-likeness (QED) is 0.308. The van der Waals surface area contributed by atoms with Crippen LogP contribution < -0.4 is 11.5 Å². The molecule has 4 heteroatoms. The van der Waals surface area contributed by atoms with Gasteiger partial charge in [0.2, 0.25) is 0 Å². The lowest BCUT2D eigenvalue weighted by Gasteiger charge is -2.20. The zero-order valence-electron chi connectivity index (χ0n) is 5.65. The summed E-state index contributed by atoms with van der Waals surface area (Å²) in [5.74, 6) is -0.148. The predicted molar refractivity (Wildman–Crippen MR) is 37.6 cm³/mol. The fourth-order valence-electron chi connectivity index (χ4n) is 0.145. The molecule has 0 bridgehead atoms. The lowest BCUT2D eigenvalue weighted by Crippen LogP contribution is -2.42. The smallest absolute Gasteiger partial charge is 0.104 e. The molecule has 0 aliphatic carbocycles. The van der Waals surface area contributed by atoms with Gasteiger partial charge in [0.05, 0.1) is 5.41 Å². The number of rotatable bonds is 2. The van der Waals surface area contributed by atoms with E-state index in [2.05, 4.69) is 0 Å². The second-order valence-electron chi connectivity index (χ2n) is 2.45. The maximum absolute atomic E-state index is 6.98. The summed E-state index contributed by atoms with van der Waals surface area (Å²) in [7, 11) is 0. The summed E-state index contributed by atoms with van der Waals surface area (Å²) in [5.41, 5.74) is 9.49. The Morgan fingerprint density at radius 2 is 1.33 bits per heavy atom. The van der Waals surface area contributed by atoms with Gasteiger partial charge >= 0.3 is 0 Å². The van der Waals surface area contributed by atoms with Gasteiger partial charge < -0.3 is 11.5 Å². The van der Waals surface area contributed by atoms with Gasteiger partial charge in [-0.25, -0.2) is 0 Å². The Labute approximate surface area is 54.2 Å². The fourth-order valence-corrected chi connectivity index (χ4v) is 0.145. The number of nitrogens with two attached hydrogens (primary N) is 2. The van der Waals surface area contributed by atoms with Crippen molar-refractivity contribution in [3.63, 3.8) is 0 Å². The van der Waals surface area contributed by atoms with Crippen molar-refractivity contribution in [2.24, 2.45) is 16.9 Å². The summed E-state index contributed by atoms with van der Waals surface area (Å²) in [5, 5.41) is 14.0. The molecule has 0 unspecified atom stereocenters. The zero-order chi connectivity index (χ0) is 7.65. The SMILES string of the molecule is CC(C)(C(=N)N)C(=N)N. The predicted octanol–water partition coefficient (Wildman–Crippen LogP) is -0.115. The van der Waals surface area contributed by atoms with Gasteiger partial charge in [-0.05, 0) is 13.8 Å². The van der Waals surface area contributed by atoms with Gasteiger partial charge in [0, 0.05) is 0 Å². The van der Waals surface area contributed by atoms with Gasteiger partial charge in [-0.1, -0.05) is 0 Å². The number of nitrogens with one attached hydrogen (secondary N) is 2. The third-order valence-electron chi connectivity index (χ3n) is 1.35. The summed E-state index contributed by atoms with van der Waals surface area (Å²) in [6.07, 6.45) is 0. The molecule has 0 aliphatic heterocycles. The number of hydrogen-bond donors (Lipinski definition) is 4. The normalized spacial score (nSPS) is 10.9. The van der Waals surface area contributed by atoms with Crippen LogP contribution in [-0.2, 0) is 0 Å². The van der Waals surface area contributed by atoms with Crippen molar-refractivity contribution in [1.29, 1.82) is 10.8 Å². The molecule has 0 atom stereocenters. The minimum Gasteiger partial charge on any atom is -0.387 e. The maximum Gasteiger partial charge on any atom is 0.104 e. The zero-order valence-corrected chi connectivity index (χ0v) is 5.65. The van der Waals surface area contributed by atoms with Crippen molar-refractivity contribution < 1.29 is 0 Å². The standard InChI is InChI=1S/C5H12N4/c1-5(2,3(6)7)4(8)9/h1-2H3,(H3,6,7)(H3,8,9). The first-order valence-electron chi connectivity index (χ1n) is 2.58. The van der Waals surface area contributed by atoms with Crippen LogP contribution in [0.4, 0.5) is 0 Å². The molecule has 0 aromatic rings. The van der Waals surface area contributed by atoms with Crippen LogP contribution in [0.1, 0.15) is 13.8 Å². The van der Waals surface area contributed by atoms with Crippen LogP contribution in [0.15, 0.2) is 0 Å². The minimum atomic E-state index is -0.778. The Bertz CT molecular complexity index is 131. The topological polar surface area (TPSA) is 99.7 Å². The average Bonchev–Trinajstić information content (AvgIpc) is 1.65. The molecule has 0 saturated carbocycles.